The van der Waals surface area contributed by atoms with E-state index in [0.29, 0.717) is 5.92 Å². The molecule has 2 saturated carbocycles. The molecule has 2 atom stereocenters. The zero-order valence-corrected chi connectivity index (χ0v) is 12.5. The second-order valence-electron chi connectivity index (χ2n) is 7.46. The van der Waals surface area contributed by atoms with Gasteiger partial charge in [-0.05, 0) is 50.0 Å². The summed E-state index contributed by atoms with van der Waals surface area (Å²) in [6, 6.07) is 0. The Kier molecular flexibility index (Phi) is 4.71. The Balaban J connectivity index is 1.75. The first-order chi connectivity index (χ1) is 8.49. The molecule has 0 radical (unpaired) electrons. The van der Waals surface area contributed by atoms with E-state index in [0.717, 1.165) is 12.5 Å². The SMILES string of the molecule is CN(CC1CCCCC1)CC1CCC(C)(C)C1O. The topological polar surface area (TPSA) is 23.5 Å². The van der Waals surface area contributed by atoms with Crippen molar-refractivity contribution in [2.75, 3.05) is 20.1 Å². The van der Waals surface area contributed by atoms with Crippen molar-refractivity contribution in [2.24, 2.45) is 17.3 Å². The largest absolute Gasteiger partial charge is 0.392 e. The first-order valence-corrected chi connectivity index (χ1v) is 7.85. The monoisotopic (exact) mass is 253 g/mol. The van der Waals surface area contributed by atoms with Gasteiger partial charge in [0.25, 0.3) is 0 Å². The number of aliphatic hydroxyl groups excluding tert-OH is 1. The van der Waals surface area contributed by atoms with Crippen molar-refractivity contribution < 1.29 is 5.11 Å². The first kappa shape index (κ1) is 14.3. The molecule has 18 heavy (non-hydrogen) atoms. The summed E-state index contributed by atoms with van der Waals surface area (Å²) in [5, 5.41) is 10.3. The van der Waals surface area contributed by atoms with Crippen molar-refractivity contribution >= 4 is 0 Å². The lowest BCUT2D eigenvalue weighted by molar-refractivity contribution is 0.0334. The van der Waals surface area contributed by atoms with Gasteiger partial charge in [0.15, 0.2) is 0 Å². The van der Waals surface area contributed by atoms with Crippen molar-refractivity contribution in [1.29, 1.82) is 0 Å². The van der Waals surface area contributed by atoms with Gasteiger partial charge in [-0.2, -0.15) is 0 Å². The third-order valence-electron chi connectivity index (χ3n) is 5.25. The van der Waals surface area contributed by atoms with Crippen LogP contribution >= 0.6 is 0 Å². The molecule has 0 aromatic carbocycles. The predicted octanol–water partition coefficient (Wildman–Crippen LogP) is 3.30. The maximum atomic E-state index is 10.3. The Morgan fingerprint density at radius 2 is 1.72 bits per heavy atom. The van der Waals surface area contributed by atoms with Crippen LogP contribution in [0.25, 0.3) is 0 Å². The lowest BCUT2D eigenvalue weighted by Crippen LogP contribution is -2.37. The van der Waals surface area contributed by atoms with Crippen LogP contribution in [0, 0.1) is 17.3 Å². The van der Waals surface area contributed by atoms with Crippen LogP contribution in [0.5, 0.6) is 0 Å². The van der Waals surface area contributed by atoms with Gasteiger partial charge < -0.3 is 10.0 Å². The third-order valence-corrected chi connectivity index (χ3v) is 5.25. The third kappa shape index (κ3) is 3.48. The number of rotatable bonds is 4. The minimum absolute atomic E-state index is 0.105. The average molecular weight is 253 g/mol. The molecule has 2 rings (SSSR count). The molecule has 0 saturated heterocycles. The fraction of sp³-hybridized carbons (Fsp3) is 1.00. The maximum Gasteiger partial charge on any atom is 0.0631 e. The van der Waals surface area contributed by atoms with Gasteiger partial charge in [-0.1, -0.05) is 33.1 Å². The number of hydrogen-bond donors (Lipinski definition) is 1. The molecule has 2 nitrogen and oxygen atoms in total. The highest BCUT2D eigenvalue weighted by Gasteiger charge is 2.40. The Bertz CT molecular complexity index is 258. The second kappa shape index (κ2) is 5.92. The maximum absolute atomic E-state index is 10.3. The average Bonchev–Trinajstić information content (AvgIpc) is 2.57. The second-order valence-corrected chi connectivity index (χ2v) is 7.46. The molecule has 2 aliphatic carbocycles. The normalized spacial score (nSPS) is 33.2. The lowest BCUT2D eigenvalue weighted by atomic mass is 9.86. The van der Waals surface area contributed by atoms with Crippen LogP contribution in [-0.4, -0.2) is 36.2 Å². The molecule has 0 spiro atoms. The molecule has 0 bridgehead atoms. The van der Waals surface area contributed by atoms with Gasteiger partial charge in [-0.15, -0.1) is 0 Å². The van der Waals surface area contributed by atoms with E-state index in [1.807, 2.05) is 0 Å². The Morgan fingerprint density at radius 3 is 2.28 bits per heavy atom. The molecule has 0 aliphatic heterocycles. The lowest BCUT2D eigenvalue weighted by Gasteiger charge is -2.31. The standard InChI is InChI=1S/C16H31NO/c1-16(2)10-9-14(15(16)18)12-17(3)11-13-7-5-4-6-8-13/h13-15,18H,4-12H2,1-3H3. The number of aliphatic hydroxyl groups is 1. The van der Waals surface area contributed by atoms with E-state index in [-0.39, 0.29) is 11.5 Å². The van der Waals surface area contributed by atoms with Crippen molar-refractivity contribution in [3.05, 3.63) is 0 Å². The highest BCUT2D eigenvalue weighted by molar-refractivity contribution is 4.92. The van der Waals surface area contributed by atoms with Crippen molar-refractivity contribution in [1.82, 2.24) is 4.90 Å². The first-order valence-electron chi connectivity index (χ1n) is 7.85. The van der Waals surface area contributed by atoms with E-state index in [2.05, 4.69) is 25.8 Å². The van der Waals surface area contributed by atoms with Gasteiger partial charge in [-0.3, -0.25) is 0 Å². The summed E-state index contributed by atoms with van der Waals surface area (Å²) in [5.74, 6) is 1.41. The van der Waals surface area contributed by atoms with Crippen LogP contribution in [0.1, 0.15) is 58.8 Å². The van der Waals surface area contributed by atoms with Crippen LogP contribution in [0.2, 0.25) is 0 Å². The summed E-state index contributed by atoms with van der Waals surface area (Å²) < 4.78 is 0. The Labute approximate surface area is 113 Å². The van der Waals surface area contributed by atoms with Crippen LogP contribution in [0.3, 0.4) is 0 Å². The summed E-state index contributed by atoms with van der Waals surface area (Å²) >= 11 is 0. The highest BCUT2D eigenvalue weighted by atomic mass is 16.3. The molecule has 0 amide bonds. The molecule has 0 heterocycles. The molecule has 0 aromatic heterocycles. The van der Waals surface area contributed by atoms with Crippen LogP contribution in [0.4, 0.5) is 0 Å². The van der Waals surface area contributed by atoms with Gasteiger partial charge in [0.2, 0.25) is 0 Å². The minimum atomic E-state index is -0.105. The van der Waals surface area contributed by atoms with Crippen LogP contribution in [-0.2, 0) is 0 Å². The van der Waals surface area contributed by atoms with Gasteiger partial charge in [-0.25, -0.2) is 0 Å². The summed E-state index contributed by atoms with van der Waals surface area (Å²) in [5.41, 5.74) is 0.135. The zero-order chi connectivity index (χ0) is 13.2. The molecule has 0 aromatic rings. The van der Waals surface area contributed by atoms with E-state index in [1.54, 1.807) is 0 Å². The molecular weight excluding hydrogens is 222 g/mol. The van der Waals surface area contributed by atoms with Gasteiger partial charge in [0, 0.05) is 13.1 Å². The molecule has 2 heteroatoms. The summed E-state index contributed by atoms with van der Waals surface area (Å²) in [7, 11) is 2.24. The van der Waals surface area contributed by atoms with E-state index in [4.69, 9.17) is 0 Å². The fourth-order valence-electron chi connectivity index (χ4n) is 3.98. The van der Waals surface area contributed by atoms with Crippen molar-refractivity contribution in [2.45, 2.75) is 64.9 Å². The van der Waals surface area contributed by atoms with E-state index >= 15 is 0 Å². The Hall–Kier alpha value is -0.0800. The summed E-state index contributed by atoms with van der Waals surface area (Å²) in [6.45, 7) is 6.74. The predicted molar refractivity (Wildman–Crippen MR) is 76.6 cm³/mol. The minimum Gasteiger partial charge on any atom is -0.392 e. The molecular formula is C16H31NO. The van der Waals surface area contributed by atoms with E-state index < -0.39 is 0 Å². The fourth-order valence-corrected chi connectivity index (χ4v) is 3.98. The molecule has 2 unspecified atom stereocenters. The van der Waals surface area contributed by atoms with Crippen LogP contribution in [0.15, 0.2) is 0 Å². The molecule has 2 fully saturated rings. The van der Waals surface area contributed by atoms with E-state index in [1.165, 1.54) is 51.5 Å². The van der Waals surface area contributed by atoms with Crippen molar-refractivity contribution in [3.63, 3.8) is 0 Å². The summed E-state index contributed by atoms with van der Waals surface area (Å²) in [4.78, 5) is 2.48. The molecule has 2 aliphatic rings. The van der Waals surface area contributed by atoms with Crippen molar-refractivity contribution in [3.8, 4) is 0 Å². The number of nitrogens with zero attached hydrogens (tertiary/aromatic N) is 1. The van der Waals surface area contributed by atoms with Gasteiger partial charge >= 0.3 is 0 Å². The molecule has 1 N–H and O–H groups in total. The Morgan fingerprint density at radius 1 is 1.06 bits per heavy atom. The van der Waals surface area contributed by atoms with E-state index in [9.17, 15) is 5.11 Å². The van der Waals surface area contributed by atoms with Crippen LogP contribution < -0.4 is 0 Å². The smallest absolute Gasteiger partial charge is 0.0631 e. The highest BCUT2D eigenvalue weighted by Crippen LogP contribution is 2.41. The number of hydrogen-bond acceptors (Lipinski definition) is 2. The molecule has 106 valence electrons. The van der Waals surface area contributed by atoms with Gasteiger partial charge in [0.1, 0.15) is 0 Å². The van der Waals surface area contributed by atoms with Gasteiger partial charge in [0.05, 0.1) is 6.10 Å². The quantitative estimate of drug-likeness (QED) is 0.831. The zero-order valence-electron chi connectivity index (χ0n) is 12.5. The summed E-state index contributed by atoms with van der Waals surface area (Å²) in [6.07, 6.45) is 9.40.